The molecule has 41 heavy (non-hydrogen) atoms. The maximum Gasteiger partial charge on any atom is 0.187 e. The fraction of sp³-hybridized carbons (Fsp3) is 0.324. The van der Waals surface area contributed by atoms with Gasteiger partial charge in [0.15, 0.2) is 5.78 Å². The van der Waals surface area contributed by atoms with Crippen LogP contribution in [0.1, 0.15) is 82.8 Å². The van der Waals surface area contributed by atoms with Gasteiger partial charge in [-0.3, -0.25) is 10.1 Å². The Kier molecular flexibility index (Phi) is 10.5. The number of nitrogens with two attached hydrogens (primary N) is 1. The van der Waals surface area contributed by atoms with Crippen LogP contribution in [-0.4, -0.2) is 18.4 Å². The molecule has 0 aliphatic rings. The number of unbranched alkanes of at least 4 members (excludes halogenated alkanes) is 1. The predicted octanol–water partition coefficient (Wildman–Crippen LogP) is 7.85. The molecule has 3 N–H and O–H groups in total. The number of carbonyl (C=O) groups is 1. The van der Waals surface area contributed by atoms with E-state index < -0.39 is 0 Å². The van der Waals surface area contributed by atoms with Crippen molar-refractivity contribution in [2.75, 3.05) is 6.61 Å². The van der Waals surface area contributed by atoms with Gasteiger partial charge in [0.2, 0.25) is 0 Å². The minimum Gasteiger partial charge on any atom is -0.486 e. The largest absolute Gasteiger partial charge is 0.486 e. The Hall–Kier alpha value is -3.73. The molecule has 0 fully saturated rings. The van der Waals surface area contributed by atoms with Crippen LogP contribution >= 0.6 is 0 Å². The van der Waals surface area contributed by atoms with E-state index in [-0.39, 0.29) is 30.5 Å². The van der Waals surface area contributed by atoms with Crippen molar-refractivity contribution in [3.8, 4) is 5.75 Å². The summed E-state index contributed by atoms with van der Waals surface area (Å²) in [7, 11) is 0. The molecular formula is C37H44N2O2. The molecule has 4 rings (SSSR count). The summed E-state index contributed by atoms with van der Waals surface area (Å²) >= 11 is 0. The van der Waals surface area contributed by atoms with Crippen LogP contribution in [-0.2, 0) is 4.79 Å². The van der Waals surface area contributed by atoms with Crippen molar-refractivity contribution < 1.29 is 9.53 Å². The number of rotatable bonds is 13. The summed E-state index contributed by atoms with van der Waals surface area (Å²) in [6.45, 7) is 10.5. The lowest BCUT2D eigenvalue weighted by molar-refractivity contribution is -0.123. The average Bonchev–Trinajstić information content (AvgIpc) is 2.97. The number of hydrogen-bond acceptors (Lipinski definition) is 4. The van der Waals surface area contributed by atoms with Crippen LogP contribution in [0.5, 0.6) is 5.75 Å². The molecule has 214 valence electrons. The van der Waals surface area contributed by atoms with Gasteiger partial charge >= 0.3 is 0 Å². The number of nitrogens with one attached hydrogen (secondary N) is 1. The molecule has 0 heterocycles. The molecule has 0 saturated heterocycles. The number of Topliss-reactive ketones (excluding diaryl/α,β-unsaturated/α-hetero) is 1. The summed E-state index contributed by atoms with van der Waals surface area (Å²) in [6.07, 6.45) is 2.74. The van der Waals surface area contributed by atoms with Gasteiger partial charge in [-0.2, -0.15) is 0 Å². The van der Waals surface area contributed by atoms with Gasteiger partial charge in [0.05, 0.1) is 18.1 Å². The fourth-order valence-electron chi connectivity index (χ4n) is 5.23. The van der Waals surface area contributed by atoms with E-state index in [9.17, 15) is 4.79 Å². The highest BCUT2D eigenvalue weighted by Crippen LogP contribution is 2.27. The number of aryl methyl sites for hydroxylation is 4. The normalized spacial score (nSPS) is 12.8. The number of carbonyl (C=O) groups excluding carboxylic acids is 1. The third-order valence-corrected chi connectivity index (χ3v) is 7.80. The first-order chi connectivity index (χ1) is 19.7. The predicted molar refractivity (Wildman–Crippen MR) is 170 cm³/mol. The van der Waals surface area contributed by atoms with E-state index in [1.807, 2.05) is 24.3 Å². The zero-order chi connectivity index (χ0) is 29.4. The lowest BCUT2D eigenvalue weighted by Crippen LogP contribution is -2.42. The van der Waals surface area contributed by atoms with Gasteiger partial charge in [-0.05, 0) is 74.1 Å². The van der Waals surface area contributed by atoms with Crippen molar-refractivity contribution in [2.45, 2.75) is 72.0 Å². The zero-order valence-electron chi connectivity index (χ0n) is 25.1. The summed E-state index contributed by atoms with van der Waals surface area (Å²) < 4.78 is 6.00. The van der Waals surface area contributed by atoms with Crippen LogP contribution in [0, 0.1) is 27.7 Å². The van der Waals surface area contributed by atoms with Gasteiger partial charge in [-0.1, -0.05) is 115 Å². The van der Waals surface area contributed by atoms with Crippen molar-refractivity contribution in [3.05, 3.63) is 136 Å². The lowest BCUT2D eigenvalue weighted by atomic mass is 9.94. The third kappa shape index (κ3) is 8.16. The first-order valence-electron chi connectivity index (χ1n) is 14.7. The molecule has 0 radical (unpaired) electrons. The number of ketones is 1. The monoisotopic (exact) mass is 548 g/mol. The Morgan fingerprint density at radius 1 is 0.756 bits per heavy atom. The Morgan fingerprint density at radius 2 is 1.29 bits per heavy atom. The van der Waals surface area contributed by atoms with Crippen LogP contribution in [0.2, 0.25) is 0 Å². The highest BCUT2D eigenvalue weighted by atomic mass is 16.5. The molecule has 0 spiro atoms. The molecule has 0 aromatic heterocycles. The van der Waals surface area contributed by atoms with E-state index in [1.54, 1.807) is 0 Å². The lowest BCUT2D eigenvalue weighted by Gasteiger charge is -2.26. The summed E-state index contributed by atoms with van der Waals surface area (Å²) in [5.41, 5.74) is 15.8. The first-order valence-corrected chi connectivity index (χ1v) is 14.7. The van der Waals surface area contributed by atoms with Crippen LogP contribution in [0.15, 0.2) is 91.0 Å². The standard InChI is InChI=1S/C37H44N2O2/c1-6-7-8-34(39-37(30-14-9-25(2)10-15-30)31-16-11-26(3)12-17-31)35(40)24-41-32-20-18-29(19-21-32)36(38)33-22-13-27(4)23-28(33)5/h9-23,34,36-37,39H,6-8,24,38H2,1-5H3/t34-,36?/m1/s1. The molecule has 4 heteroatoms. The summed E-state index contributed by atoms with van der Waals surface area (Å²) in [5, 5.41) is 3.70. The smallest absolute Gasteiger partial charge is 0.187 e. The van der Waals surface area contributed by atoms with Crippen molar-refractivity contribution in [2.24, 2.45) is 5.73 Å². The topological polar surface area (TPSA) is 64.3 Å². The van der Waals surface area contributed by atoms with E-state index in [1.165, 1.54) is 22.3 Å². The van der Waals surface area contributed by atoms with Crippen molar-refractivity contribution in [1.29, 1.82) is 0 Å². The molecule has 1 unspecified atom stereocenters. The van der Waals surface area contributed by atoms with Gasteiger partial charge in [0, 0.05) is 0 Å². The number of hydrogen-bond donors (Lipinski definition) is 2. The minimum atomic E-state index is -0.320. The Labute approximate surface area is 246 Å². The molecule has 0 bridgehead atoms. The minimum absolute atomic E-state index is 0.0123. The SMILES string of the molecule is CCCC[C@@H](NC(c1ccc(C)cc1)c1ccc(C)cc1)C(=O)COc1ccc(C(N)c2ccc(C)cc2C)cc1. The van der Waals surface area contributed by atoms with Crippen LogP contribution in [0.3, 0.4) is 0 Å². The highest BCUT2D eigenvalue weighted by molar-refractivity contribution is 5.85. The maximum absolute atomic E-state index is 13.5. The van der Waals surface area contributed by atoms with Crippen molar-refractivity contribution in [1.82, 2.24) is 5.32 Å². The van der Waals surface area contributed by atoms with Gasteiger partial charge in [0.25, 0.3) is 0 Å². The van der Waals surface area contributed by atoms with Crippen LogP contribution in [0.25, 0.3) is 0 Å². The zero-order valence-corrected chi connectivity index (χ0v) is 25.1. The van der Waals surface area contributed by atoms with Crippen molar-refractivity contribution in [3.63, 3.8) is 0 Å². The van der Waals surface area contributed by atoms with E-state index in [0.29, 0.717) is 5.75 Å². The van der Waals surface area contributed by atoms with E-state index in [0.717, 1.165) is 41.5 Å². The van der Waals surface area contributed by atoms with Crippen LogP contribution < -0.4 is 15.8 Å². The second kappa shape index (κ2) is 14.2. The number of ether oxygens (including phenoxy) is 1. The quantitative estimate of drug-likeness (QED) is 0.179. The van der Waals surface area contributed by atoms with Gasteiger partial charge in [-0.15, -0.1) is 0 Å². The van der Waals surface area contributed by atoms with Gasteiger partial charge in [-0.25, -0.2) is 0 Å². The van der Waals surface area contributed by atoms with Gasteiger partial charge < -0.3 is 10.5 Å². The highest BCUT2D eigenvalue weighted by Gasteiger charge is 2.24. The van der Waals surface area contributed by atoms with Crippen LogP contribution in [0.4, 0.5) is 0 Å². The Balaban J connectivity index is 1.46. The molecule has 4 aromatic carbocycles. The average molecular weight is 549 g/mol. The van der Waals surface area contributed by atoms with E-state index in [4.69, 9.17) is 10.5 Å². The Morgan fingerprint density at radius 3 is 1.83 bits per heavy atom. The number of benzene rings is 4. The maximum atomic E-state index is 13.5. The molecule has 2 atom stereocenters. The third-order valence-electron chi connectivity index (χ3n) is 7.80. The van der Waals surface area contributed by atoms with E-state index >= 15 is 0 Å². The molecule has 4 aromatic rings. The van der Waals surface area contributed by atoms with Gasteiger partial charge in [0.1, 0.15) is 12.4 Å². The molecule has 0 amide bonds. The summed E-state index contributed by atoms with van der Waals surface area (Å²) in [6, 6.07) is 30.6. The summed E-state index contributed by atoms with van der Waals surface area (Å²) in [4.78, 5) is 13.5. The molecule has 4 nitrogen and oxygen atoms in total. The van der Waals surface area contributed by atoms with E-state index in [2.05, 4.69) is 107 Å². The van der Waals surface area contributed by atoms with Crippen molar-refractivity contribution >= 4 is 5.78 Å². The molecule has 0 saturated carbocycles. The second-order valence-electron chi connectivity index (χ2n) is 11.3. The molecular weight excluding hydrogens is 504 g/mol. The summed E-state index contributed by atoms with van der Waals surface area (Å²) in [5.74, 6) is 0.719. The molecule has 0 aliphatic heterocycles. The fourth-order valence-corrected chi connectivity index (χ4v) is 5.23. The molecule has 0 aliphatic carbocycles. The Bertz CT molecular complexity index is 1360. The second-order valence-corrected chi connectivity index (χ2v) is 11.3. The first kappa shape index (κ1) is 30.2.